The van der Waals surface area contributed by atoms with Crippen molar-refractivity contribution < 1.29 is 8.83 Å². The number of nitrogens with zero attached hydrogens (tertiary/aromatic N) is 4. The number of rotatable bonds is 4. The minimum absolute atomic E-state index is 0.556. The molecule has 0 N–H and O–H groups in total. The van der Waals surface area contributed by atoms with Crippen molar-refractivity contribution in [3.63, 3.8) is 0 Å². The summed E-state index contributed by atoms with van der Waals surface area (Å²) in [6.45, 7) is 0. The Bertz CT molecular complexity index is 4420. The van der Waals surface area contributed by atoms with E-state index >= 15 is 0 Å². The molecule has 0 spiro atoms. The first-order valence-electron chi connectivity index (χ1n) is 22.1. The minimum Gasteiger partial charge on any atom is -0.456 e. The molecule has 0 radical (unpaired) electrons. The third kappa shape index (κ3) is 5.20. The quantitative estimate of drug-likeness (QED) is 0.176. The Hall–Kier alpha value is -8.65. The van der Waals surface area contributed by atoms with Crippen LogP contribution in [0.15, 0.2) is 203 Å². The van der Waals surface area contributed by atoms with Crippen molar-refractivity contribution in [3.8, 4) is 39.9 Å². The van der Waals surface area contributed by atoms with E-state index in [0.29, 0.717) is 17.5 Å². The van der Waals surface area contributed by atoms with Crippen LogP contribution in [0.1, 0.15) is 0 Å². The maximum atomic E-state index is 6.71. The van der Waals surface area contributed by atoms with Crippen molar-refractivity contribution >= 4 is 119 Å². The summed E-state index contributed by atoms with van der Waals surface area (Å²) < 4.78 is 17.9. The highest BCUT2D eigenvalue weighted by Gasteiger charge is 2.24. The van der Waals surface area contributed by atoms with Gasteiger partial charge < -0.3 is 13.4 Å². The van der Waals surface area contributed by atoms with Crippen LogP contribution in [0.3, 0.4) is 0 Å². The molecule has 5 aromatic heterocycles. The van der Waals surface area contributed by atoms with Crippen LogP contribution < -0.4 is 0 Å². The van der Waals surface area contributed by atoms with Gasteiger partial charge in [0.05, 0.1) is 16.7 Å². The van der Waals surface area contributed by atoms with E-state index in [-0.39, 0.29) is 0 Å². The summed E-state index contributed by atoms with van der Waals surface area (Å²) >= 11 is 1.80. The zero-order chi connectivity index (χ0) is 43.0. The molecule has 0 aliphatic rings. The molecule has 0 saturated carbocycles. The summed E-state index contributed by atoms with van der Waals surface area (Å²) in [5, 5.41) is 13.5. The number of hydrogen-bond acceptors (Lipinski definition) is 6. The van der Waals surface area contributed by atoms with Gasteiger partial charge in [0.15, 0.2) is 17.5 Å². The predicted molar refractivity (Wildman–Crippen MR) is 273 cm³/mol. The van der Waals surface area contributed by atoms with Gasteiger partial charge >= 0.3 is 0 Å². The van der Waals surface area contributed by atoms with Crippen molar-refractivity contribution in [1.29, 1.82) is 0 Å². The molecule has 0 bridgehead atoms. The van der Waals surface area contributed by atoms with Crippen molar-refractivity contribution in [1.82, 2.24) is 19.5 Å². The van der Waals surface area contributed by atoms with E-state index in [4.69, 9.17) is 23.8 Å². The maximum absolute atomic E-state index is 6.71. The minimum atomic E-state index is 0.556. The van der Waals surface area contributed by atoms with E-state index in [1.807, 2.05) is 36.4 Å². The smallest absolute Gasteiger partial charge is 0.166 e. The van der Waals surface area contributed by atoms with Gasteiger partial charge in [-0.2, -0.15) is 0 Å². The lowest BCUT2D eigenvalue weighted by Gasteiger charge is -2.16. The Kier molecular flexibility index (Phi) is 7.28. The second kappa shape index (κ2) is 13.4. The van der Waals surface area contributed by atoms with E-state index in [0.717, 1.165) is 93.4 Å². The van der Waals surface area contributed by atoms with E-state index in [9.17, 15) is 0 Å². The largest absolute Gasteiger partial charge is 0.456 e. The average Bonchev–Trinajstić information content (AvgIpc) is 4.13. The molecule has 0 aliphatic carbocycles. The molecule has 0 atom stereocenters. The molecule has 7 heteroatoms. The van der Waals surface area contributed by atoms with Gasteiger partial charge in [-0.1, -0.05) is 115 Å². The fourth-order valence-corrected chi connectivity index (χ4v) is 11.4. The van der Waals surface area contributed by atoms with Crippen molar-refractivity contribution in [2.24, 2.45) is 0 Å². The van der Waals surface area contributed by atoms with Gasteiger partial charge in [-0.15, -0.1) is 11.3 Å². The van der Waals surface area contributed by atoms with E-state index in [1.165, 1.54) is 36.3 Å². The Balaban J connectivity index is 1.08. The van der Waals surface area contributed by atoms with Crippen LogP contribution in [0, 0.1) is 0 Å². The molecule has 10 aromatic carbocycles. The molecule has 0 fully saturated rings. The fraction of sp³-hybridized carbons (Fsp3) is 0. The molecule has 0 saturated heterocycles. The van der Waals surface area contributed by atoms with Crippen LogP contribution in [-0.4, -0.2) is 19.5 Å². The Labute approximate surface area is 379 Å². The summed E-state index contributed by atoms with van der Waals surface area (Å²) in [5.41, 5.74) is 9.00. The molecule has 0 unspecified atom stereocenters. The average molecular weight is 861 g/mol. The van der Waals surface area contributed by atoms with Crippen LogP contribution in [0.5, 0.6) is 0 Å². The van der Waals surface area contributed by atoms with Crippen LogP contribution in [0.25, 0.3) is 147 Å². The number of hydrogen-bond donors (Lipinski definition) is 0. The zero-order valence-electron chi connectivity index (χ0n) is 35.0. The Morgan fingerprint density at radius 3 is 1.71 bits per heavy atom. The molecule has 0 aliphatic heterocycles. The normalized spacial score (nSPS) is 12.2. The molecule has 66 heavy (non-hydrogen) atoms. The summed E-state index contributed by atoms with van der Waals surface area (Å²) in [7, 11) is 0. The predicted octanol–water partition coefficient (Wildman–Crippen LogP) is 16.4. The standard InChI is InChI=1S/C59H32N4O2S/c1-2-13-35-30-48-43(27-34(35)12-1)42-24-21-33-11-3-4-14-38(33)56(42)63(48)49-32-53-45(40-16-6-9-19-51(40)65-53)31-47(49)59-61-57(36-22-25-52-44(28-36)39-15-5-8-18-50(39)64-52)60-58(62-59)37-23-26-55-46(29-37)41-17-7-10-20-54(41)66-55/h1-32H. The number of furan rings is 2. The number of benzene rings is 10. The van der Waals surface area contributed by atoms with Crippen LogP contribution in [-0.2, 0) is 0 Å². The third-order valence-corrected chi connectivity index (χ3v) is 14.6. The maximum Gasteiger partial charge on any atom is 0.166 e. The molecule has 5 heterocycles. The second-order valence-electron chi connectivity index (χ2n) is 17.1. The first-order valence-corrected chi connectivity index (χ1v) is 22.9. The van der Waals surface area contributed by atoms with Gasteiger partial charge in [-0.05, 0) is 89.0 Å². The van der Waals surface area contributed by atoms with E-state index in [2.05, 4.69) is 162 Å². The number of thiophene rings is 1. The fourth-order valence-electron chi connectivity index (χ4n) is 10.3. The van der Waals surface area contributed by atoms with Gasteiger partial charge in [0, 0.05) is 80.6 Å². The lowest BCUT2D eigenvalue weighted by molar-refractivity contribution is 0.668. The first kappa shape index (κ1) is 35.8. The van der Waals surface area contributed by atoms with E-state index in [1.54, 1.807) is 11.3 Å². The van der Waals surface area contributed by atoms with E-state index < -0.39 is 0 Å². The molecular formula is C59H32N4O2S. The highest BCUT2D eigenvalue weighted by molar-refractivity contribution is 7.25. The monoisotopic (exact) mass is 860 g/mol. The molecule has 6 nitrogen and oxygen atoms in total. The molecular weight excluding hydrogens is 829 g/mol. The van der Waals surface area contributed by atoms with Gasteiger partial charge in [-0.25, -0.2) is 15.0 Å². The van der Waals surface area contributed by atoms with Crippen LogP contribution in [0.2, 0.25) is 0 Å². The van der Waals surface area contributed by atoms with Gasteiger partial charge in [-0.3, -0.25) is 0 Å². The van der Waals surface area contributed by atoms with Crippen LogP contribution in [0.4, 0.5) is 0 Å². The molecule has 15 rings (SSSR count). The molecule has 15 aromatic rings. The number of para-hydroxylation sites is 2. The summed E-state index contributed by atoms with van der Waals surface area (Å²) in [4.78, 5) is 16.3. The molecule has 306 valence electrons. The van der Waals surface area contributed by atoms with Gasteiger partial charge in [0.25, 0.3) is 0 Å². The zero-order valence-corrected chi connectivity index (χ0v) is 35.8. The SMILES string of the molecule is c1ccc2cc3c(cc2c1)c1ccc2ccccc2c1n3-c1cc2oc3ccccc3c2cc1-c1nc(-c2ccc3oc4ccccc4c3c2)nc(-c2ccc3sc4ccccc4c3c2)n1. The van der Waals surface area contributed by atoms with Gasteiger partial charge in [0.1, 0.15) is 22.3 Å². The van der Waals surface area contributed by atoms with Crippen molar-refractivity contribution in [2.45, 2.75) is 0 Å². The Morgan fingerprint density at radius 2 is 0.924 bits per heavy atom. The summed E-state index contributed by atoms with van der Waals surface area (Å²) in [5.74, 6) is 1.71. The second-order valence-corrected chi connectivity index (χ2v) is 18.2. The van der Waals surface area contributed by atoms with Crippen molar-refractivity contribution in [2.75, 3.05) is 0 Å². The summed E-state index contributed by atoms with van der Waals surface area (Å²) in [6.07, 6.45) is 0. The topological polar surface area (TPSA) is 69.9 Å². The van der Waals surface area contributed by atoms with Crippen LogP contribution >= 0.6 is 11.3 Å². The van der Waals surface area contributed by atoms with Crippen molar-refractivity contribution in [3.05, 3.63) is 194 Å². The highest BCUT2D eigenvalue weighted by Crippen LogP contribution is 2.44. The lowest BCUT2D eigenvalue weighted by Crippen LogP contribution is -2.04. The lowest BCUT2D eigenvalue weighted by atomic mass is 10.0. The van der Waals surface area contributed by atoms with Gasteiger partial charge in [0.2, 0.25) is 0 Å². The first-order chi connectivity index (χ1) is 32.7. The Morgan fingerprint density at radius 1 is 0.348 bits per heavy atom. The highest BCUT2D eigenvalue weighted by atomic mass is 32.1. The number of fused-ring (bicyclic) bond motifs is 15. The molecule has 0 amide bonds. The summed E-state index contributed by atoms with van der Waals surface area (Å²) in [6, 6.07) is 68.6. The third-order valence-electron chi connectivity index (χ3n) is 13.4. The number of aromatic nitrogens is 4.